The summed E-state index contributed by atoms with van der Waals surface area (Å²) in [5.74, 6) is 2.12. The van der Waals surface area contributed by atoms with Gasteiger partial charge in [0.05, 0.1) is 32.0 Å². The summed E-state index contributed by atoms with van der Waals surface area (Å²) < 4.78 is 16.2. The van der Waals surface area contributed by atoms with E-state index in [9.17, 15) is 4.79 Å². The average Bonchev–Trinajstić information content (AvgIpc) is 3.02. The number of nitrogens with one attached hydrogen (secondary N) is 1. The quantitative estimate of drug-likeness (QED) is 0.709. The van der Waals surface area contributed by atoms with Crippen molar-refractivity contribution >= 4 is 11.6 Å². The third kappa shape index (κ3) is 4.28. The number of carbonyl (C=O) groups is 1. The van der Waals surface area contributed by atoms with Crippen molar-refractivity contribution < 1.29 is 18.7 Å². The van der Waals surface area contributed by atoms with Gasteiger partial charge in [0.15, 0.2) is 0 Å². The minimum atomic E-state index is -0.203. The zero-order valence-electron chi connectivity index (χ0n) is 15.8. The van der Waals surface area contributed by atoms with Gasteiger partial charge in [0.2, 0.25) is 11.8 Å². The summed E-state index contributed by atoms with van der Waals surface area (Å²) >= 11 is 0. The lowest BCUT2D eigenvalue weighted by Gasteiger charge is -2.11. The molecule has 0 aliphatic heterocycles. The molecule has 140 valence electrons. The smallest absolute Gasteiger partial charge is 0.230 e. The summed E-state index contributed by atoms with van der Waals surface area (Å²) in [6.45, 7) is 3.82. The van der Waals surface area contributed by atoms with Gasteiger partial charge in [-0.3, -0.25) is 4.79 Å². The van der Waals surface area contributed by atoms with Gasteiger partial charge in [-0.25, -0.2) is 4.98 Å². The number of carbonyl (C=O) groups excluding carboxylic acids is 1. The molecule has 0 unspecified atom stereocenters. The van der Waals surface area contributed by atoms with Gasteiger partial charge in [-0.15, -0.1) is 0 Å². The molecule has 3 aromatic rings. The number of hydrogen-bond acceptors (Lipinski definition) is 5. The molecule has 1 amide bonds. The second kappa shape index (κ2) is 7.95. The molecule has 0 bridgehead atoms. The van der Waals surface area contributed by atoms with Crippen LogP contribution in [-0.4, -0.2) is 25.1 Å². The lowest BCUT2D eigenvalue weighted by atomic mass is 10.1. The number of benzene rings is 2. The number of ether oxygens (including phenoxy) is 2. The Morgan fingerprint density at radius 3 is 2.63 bits per heavy atom. The van der Waals surface area contributed by atoms with E-state index < -0.39 is 0 Å². The second-order valence-electron chi connectivity index (χ2n) is 6.18. The van der Waals surface area contributed by atoms with E-state index in [4.69, 9.17) is 13.9 Å². The highest BCUT2D eigenvalue weighted by Crippen LogP contribution is 2.29. The Kier molecular flexibility index (Phi) is 5.45. The van der Waals surface area contributed by atoms with Gasteiger partial charge in [-0.1, -0.05) is 17.7 Å². The molecule has 6 heteroatoms. The number of aromatic nitrogens is 1. The lowest BCUT2D eigenvalue weighted by Crippen LogP contribution is -2.15. The number of hydrogen-bond donors (Lipinski definition) is 1. The maximum atomic E-state index is 12.5. The highest BCUT2D eigenvalue weighted by Gasteiger charge is 2.16. The lowest BCUT2D eigenvalue weighted by molar-refractivity contribution is -0.115. The molecule has 1 aromatic heterocycles. The van der Waals surface area contributed by atoms with Crippen molar-refractivity contribution in [1.82, 2.24) is 4.98 Å². The molecule has 0 spiro atoms. The maximum Gasteiger partial charge on any atom is 0.230 e. The van der Waals surface area contributed by atoms with Gasteiger partial charge < -0.3 is 19.2 Å². The SMILES string of the molecule is COc1ccc(NC(=O)Cc2nc(-c3cccc(C)c3)oc2C)c(OC)c1. The molecule has 6 nitrogen and oxygen atoms in total. The number of amides is 1. The predicted molar refractivity (Wildman–Crippen MR) is 103 cm³/mol. The fourth-order valence-corrected chi connectivity index (χ4v) is 2.74. The topological polar surface area (TPSA) is 73.6 Å². The summed E-state index contributed by atoms with van der Waals surface area (Å²) in [4.78, 5) is 17.0. The first-order valence-corrected chi connectivity index (χ1v) is 8.55. The Morgan fingerprint density at radius 1 is 1.11 bits per heavy atom. The van der Waals surface area contributed by atoms with Crippen LogP contribution in [0.3, 0.4) is 0 Å². The van der Waals surface area contributed by atoms with Crippen molar-refractivity contribution in [3.8, 4) is 23.0 Å². The fourth-order valence-electron chi connectivity index (χ4n) is 2.74. The predicted octanol–water partition coefficient (Wildman–Crippen LogP) is 4.16. The van der Waals surface area contributed by atoms with Crippen molar-refractivity contribution in [3.05, 3.63) is 59.5 Å². The van der Waals surface area contributed by atoms with Crippen LogP contribution in [0.4, 0.5) is 5.69 Å². The Bertz CT molecular complexity index is 963. The molecule has 0 radical (unpaired) electrons. The molecule has 3 rings (SSSR count). The Morgan fingerprint density at radius 2 is 1.93 bits per heavy atom. The third-order valence-electron chi connectivity index (χ3n) is 4.17. The van der Waals surface area contributed by atoms with E-state index in [2.05, 4.69) is 10.3 Å². The highest BCUT2D eigenvalue weighted by atomic mass is 16.5. The minimum absolute atomic E-state index is 0.107. The zero-order chi connectivity index (χ0) is 19.4. The highest BCUT2D eigenvalue weighted by molar-refractivity contribution is 5.93. The van der Waals surface area contributed by atoms with E-state index in [0.29, 0.717) is 34.5 Å². The molecule has 1 N–H and O–H groups in total. The molecular weight excluding hydrogens is 344 g/mol. The first kappa shape index (κ1) is 18.5. The summed E-state index contributed by atoms with van der Waals surface area (Å²) in [5, 5.41) is 2.85. The molecule has 0 saturated heterocycles. The van der Waals surface area contributed by atoms with Crippen LogP contribution in [0.25, 0.3) is 11.5 Å². The molecular formula is C21H22N2O4. The number of methoxy groups -OCH3 is 2. The third-order valence-corrected chi connectivity index (χ3v) is 4.17. The van der Waals surface area contributed by atoms with Gasteiger partial charge >= 0.3 is 0 Å². The number of oxazole rings is 1. The first-order chi connectivity index (χ1) is 13.0. The molecule has 0 aliphatic carbocycles. The van der Waals surface area contributed by atoms with E-state index >= 15 is 0 Å². The van der Waals surface area contributed by atoms with E-state index in [1.165, 1.54) is 0 Å². The summed E-state index contributed by atoms with van der Waals surface area (Å²) in [6.07, 6.45) is 0.107. The van der Waals surface area contributed by atoms with Crippen LogP contribution in [0.1, 0.15) is 17.0 Å². The summed E-state index contributed by atoms with van der Waals surface area (Å²) in [7, 11) is 3.12. The van der Waals surface area contributed by atoms with Gasteiger partial charge in [0.1, 0.15) is 17.3 Å². The number of nitrogens with zero attached hydrogens (tertiary/aromatic N) is 1. The van der Waals surface area contributed by atoms with Crippen LogP contribution in [0.5, 0.6) is 11.5 Å². The Hall–Kier alpha value is -3.28. The monoisotopic (exact) mass is 366 g/mol. The molecule has 0 atom stereocenters. The van der Waals surface area contributed by atoms with Crippen molar-refractivity contribution in [2.75, 3.05) is 19.5 Å². The van der Waals surface area contributed by atoms with E-state index in [1.807, 2.05) is 38.1 Å². The molecule has 0 aliphatic rings. The van der Waals surface area contributed by atoms with Crippen molar-refractivity contribution in [3.63, 3.8) is 0 Å². The second-order valence-corrected chi connectivity index (χ2v) is 6.18. The van der Waals surface area contributed by atoms with Crippen LogP contribution in [0, 0.1) is 13.8 Å². The van der Waals surface area contributed by atoms with Crippen LogP contribution in [0.15, 0.2) is 46.9 Å². The molecule has 27 heavy (non-hydrogen) atoms. The molecule has 2 aromatic carbocycles. The van der Waals surface area contributed by atoms with Crippen molar-refractivity contribution in [2.45, 2.75) is 20.3 Å². The summed E-state index contributed by atoms with van der Waals surface area (Å²) in [6, 6.07) is 13.1. The van der Waals surface area contributed by atoms with Gasteiger partial charge in [0.25, 0.3) is 0 Å². The fraction of sp³-hybridized carbons (Fsp3) is 0.238. The number of rotatable bonds is 6. The number of anilines is 1. The van der Waals surface area contributed by atoms with Crippen molar-refractivity contribution in [2.24, 2.45) is 0 Å². The first-order valence-electron chi connectivity index (χ1n) is 8.55. The van der Waals surface area contributed by atoms with Crippen LogP contribution < -0.4 is 14.8 Å². The minimum Gasteiger partial charge on any atom is -0.497 e. The normalized spacial score (nSPS) is 10.5. The summed E-state index contributed by atoms with van der Waals surface area (Å²) in [5.41, 5.74) is 3.19. The maximum absolute atomic E-state index is 12.5. The van der Waals surface area contributed by atoms with Crippen LogP contribution in [-0.2, 0) is 11.2 Å². The van der Waals surface area contributed by atoms with E-state index in [1.54, 1.807) is 32.4 Å². The zero-order valence-corrected chi connectivity index (χ0v) is 15.8. The van der Waals surface area contributed by atoms with Crippen LogP contribution >= 0.6 is 0 Å². The van der Waals surface area contributed by atoms with Crippen molar-refractivity contribution in [1.29, 1.82) is 0 Å². The standard InChI is InChI=1S/C21H22N2O4/c1-13-6-5-7-15(10-13)21-23-18(14(2)27-21)12-20(24)22-17-9-8-16(25-3)11-19(17)26-4/h5-11H,12H2,1-4H3,(H,22,24). The van der Waals surface area contributed by atoms with Gasteiger partial charge in [-0.05, 0) is 38.1 Å². The Balaban J connectivity index is 1.75. The van der Waals surface area contributed by atoms with E-state index in [0.717, 1.165) is 11.1 Å². The van der Waals surface area contributed by atoms with Gasteiger partial charge in [0, 0.05) is 11.6 Å². The average molecular weight is 366 g/mol. The van der Waals surface area contributed by atoms with Gasteiger partial charge in [-0.2, -0.15) is 0 Å². The largest absolute Gasteiger partial charge is 0.497 e. The molecule has 0 fully saturated rings. The molecule has 1 heterocycles. The molecule has 0 saturated carbocycles. The van der Waals surface area contributed by atoms with E-state index in [-0.39, 0.29) is 12.3 Å². The Labute approximate surface area is 158 Å². The van der Waals surface area contributed by atoms with Crippen LogP contribution in [0.2, 0.25) is 0 Å². The number of aryl methyl sites for hydroxylation is 2.